The van der Waals surface area contributed by atoms with Crippen LogP contribution in [0.2, 0.25) is 0 Å². The van der Waals surface area contributed by atoms with Gasteiger partial charge in [0.15, 0.2) is 0 Å². The van der Waals surface area contributed by atoms with Crippen molar-refractivity contribution in [3.05, 3.63) is 47.2 Å². The Hall–Kier alpha value is -1.81. The molecule has 1 heterocycles. The third-order valence-electron chi connectivity index (χ3n) is 7.11. The van der Waals surface area contributed by atoms with E-state index < -0.39 is 0 Å². The number of likely N-dealkylation sites (tertiary alicyclic amines) is 1. The molecule has 0 aromatic heterocycles. The van der Waals surface area contributed by atoms with E-state index in [1.54, 1.807) is 0 Å². The number of hydrogen-bond acceptors (Lipinski definition) is 3. The second-order valence-electron chi connectivity index (χ2n) is 10.4. The Labute approximate surface area is 183 Å². The molecule has 2 aliphatic rings. The molecule has 30 heavy (non-hydrogen) atoms. The van der Waals surface area contributed by atoms with Crippen LogP contribution in [0.25, 0.3) is 0 Å². The summed E-state index contributed by atoms with van der Waals surface area (Å²) < 4.78 is 0. The number of nitrogens with zero attached hydrogens (tertiary/aromatic N) is 1. The van der Waals surface area contributed by atoms with E-state index in [1.807, 2.05) is 20.2 Å². The molecular weight excluding hydrogens is 370 g/mol. The Morgan fingerprint density at radius 3 is 2.53 bits per heavy atom. The molecule has 1 saturated heterocycles. The fourth-order valence-electron chi connectivity index (χ4n) is 5.12. The third kappa shape index (κ3) is 5.26. The van der Waals surface area contributed by atoms with Crippen LogP contribution in [0.1, 0.15) is 83.4 Å². The summed E-state index contributed by atoms with van der Waals surface area (Å²) in [6, 6.07) is 8.97. The van der Waals surface area contributed by atoms with Crippen LogP contribution < -0.4 is 10.6 Å². The molecule has 0 unspecified atom stereocenters. The van der Waals surface area contributed by atoms with Crippen molar-refractivity contribution < 1.29 is 4.79 Å². The van der Waals surface area contributed by atoms with Gasteiger partial charge in [-0.05, 0) is 80.1 Å². The number of benzene rings is 1. The molecule has 0 radical (unpaired) electrons. The second-order valence-corrected chi connectivity index (χ2v) is 10.4. The van der Waals surface area contributed by atoms with E-state index in [2.05, 4.69) is 60.6 Å². The zero-order valence-electron chi connectivity index (χ0n) is 19.7. The quantitative estimate of drug-likeness (QED) is 0.653. The molecule has 0 saturated carbocycles. The highest BCUT2D eigenvalue weighted by Gasteiger charge is 2.42. The predicted molar refractivity (Wildman–Crippen MR) is 125 cm³/mol. The molecule has 1 aliphatic carbocycles. The van der Waals surface area contributed by atoms with Crippen molar-refractivity contribution in [2.24, 2.45) is 5.41 Å². The maximum atomic E-state index is 12.8. The zero-order valence-corrected chi connectivity index (χ0v) is 19.7. The molecule has 166 valence electrons. The molecule has 1 aromatic carbocycles. The number of piperidine rings is 1. The van der Waals surface area contributed by atoms with E-state index in [4.69, 9.17) is 0 Å². The first kappa shape index (κ1) is 22.9. The second kappa shape index (κ2) is 9.55. The van der Waals surface area contributed by atoms with Crippen molar-refractivity contribution in [2.75, 3.05) is 26.7 Å². The molecule has 3 rings (SSSR count). The fraction of sp³-hybridized carbons (Fsp3) is 0.654. The van der Waals surface area contributed by atoms with E-state index in [9.17, 15) is 4.79 Å². The molecule has 4 nitrogen and oxygen atoms in total. The summed E-state index contributed by atoms with van der Waals surface area (Å²) in [4.78, 5) is 15.4. The Morgan fingerprint density at radius 2 is 1.90 bits per heavy atom. The van der Waals surface area contributed by atoms with Gasteiger partial charge in [-0.1, -0.05) is 52.0 Å². The first-order chi connectivity index (χ1) is 14.3. The summed E-state index contributed by atoms with van der Waals surface area (Å²) in [6.07, 6.45) is 8.46. The minimum atomic E-state index is 0.0552. The first-order valence-electron chi connectivity index (χ1n) is 11.8. The molecule has 1 aliphatic heterocycles. The summed E-state index contributed by atoms with van der Waals surface area (Å²) in [5.41, 5.74) is 4.30. The van der Waals surface area contributed by atoms with Gasteiger partial charge in [0.1, 0.15) is 0 Å². The fourth-order valence-corrected chi connectivity index (χ4v) is 5.12. The molecule has 2 N–H and O–H groups in total. The van der Waals surface area contributed by atoms with Crippen LogP contribution in [0, 0.1) is 5.41 Å². The number of fused-ring (bicyclic) bond motifs is 2. The van der Waals surface area contributed by atoms with Crippen molar-refractivity contribution in [1.29, 1.82) is 0 Å². The smallest absolute Gasteiger partial charge is 0.249 e. The van der Waals surface area contributed by atoms with Gasteiger partial charge in [-0.15, -0.1) is 0 Å². The lowest BCUT2D eigenvalue weighted by atomic mass is 9.63. The zero-order chi connectivity index (χ0) is 21.8. The Kier molecular flexibility index (Phi) is 7.28. The lowest BCUT2D eigenvalue weighted by Crippen LogP contribution is -2.46. The number of amides is 1. The maximum Gasteiger partial charge on any atom is 0.249 e. The highest BCUT2D eigenvalue weighted by atomic mass is 16.1. The van der Waals surface area contributed by atoms with E-state index in [0.29, 0.717) is 5.41 Å². The third-order valence-corrected chi connectivity index (χ3v) is 7.11. The van der Waals surface area contributed by atoms with Crippen LogP contribution in [0.15, 0.2) is 36.0 Å². The topological polar surface area (TPSA) is 44.4 Å². The molecule has 1 amide bonds. The van der Waals surface area contributed by atoms with Crippen LogP contribution in [-0.4, -0.2) is 37.5 Å². The van der Waals surface area contributed by atoms with Gasteiger partial charge < -0.3 is 15.5 Å². The van der Waals surface area contributed by atoms with Crippen molar-refractivity contribution >= 4 is 5.91 Å². The van der Waals surface area contributed by atoms with Gasteiger partial charge >= 0.3 is 0 Å². The lowest BCUT2D eigenvalue weighted by molar-refractivity contribution is -0.118. The number of nitrogens with one attached hydrogen (secondary N) is 2. The standard InChI is InChI=1S/C26H41N3O/c1-6-20(19-27-5)24(30)28-23-11-12-26(22-10-8-7-9-21(22)23)14-17-29(18-15-26)16-13-25(2,3)4/h7-10,19,23,27H,6,11-18H2,1-5H3,(H,28,30)/b20-19+/t23-/m0/s1. The van der Waals surface area contributed by atoms with E-state index in [1.165, 1.54) is 56.4 Å². The summed E-state index contributed by atoms with van der Waals surface area (Å²) in [7, 11) is 1.84. The molecule has 1 spiro atoms. The van der Waals surface area contributed by atoms with Crippen molar-refractivity contribution in [3.8, 4) is 0 Å². The summed E-state index contributed by atoms with van der Waals surface area (Å²) in [6.45, 7) is 12.6. The molecule has 4 heteroatoms. The Bertz CT molecular complexity index is 754. The van der Waals surface area contributed by atoms with Gasteiger partial charge in [0.05, 0.1) is 6.04 Å². The van der Waals surface area contributed by atoms with Crippen LogP contribution in [-0.2, 0) is 10.2 Å². The largest absolute Gasteiger partial charge is 0.394 e. The highest BCUT2D eigenvalue weighted by molar-refractivity contribution is 5.93. The normalized spacial score (nSPS) is 21.9. The Balaban J connectivity index is 1.72. The van der Waals surface area contributed by atoms with E-state index >= 15 is 0 Å². The molecule has 1 fully saturated rings. The van der Waals surface area contributed by atoms with Crippen LogP contribution in [0.3, 0.4) is 0 Å². The van der Waals surface area contributed by atoms with Crippen LogP contribution in [0.4, 0.5) is 0 Å². The van der Waals surface area contributed by atoms with Gasteiger partial charge in [0.25, 0.3) is 0 Å². The maximum absolute atomic E-state index is 12.8. The van der Waals surface area contributed by atoms with Crippen molar-refractivity contribution in [2.45, 2.75) is 77.7 Å². The minimum Gasteiger partial charge on any atom is -0.394 e. The van der Waals surface area contributed by atoms with Gasteiger partial charge in [0.2, 0.25) is 5.91 Å². The van der Waals surface area contributed by atoms with Crippen molar-refractivity contribution in [1.82, 2.24) is 15.5 Å². The van der Waals surface area contributed by atoms with Crippen molar-refractivity contribution in [3.63, 3.8) is 0 Å². The molecular formula is C26H41N3O. The summed E-state index contributed by atoms with van der Waals surface area (Å²) in [5, 5.41) is 6.32. The van der Waals surface area contributed by atoms with Crippen LogP contribution >= 0.6 is 0 Å². The average Bonchev–Trinajstić information content (AvgIpc) is 2.73. The highest BCUT2D eigenvalue weighted by Crippen LogP contribution is 2.48. The number of carbonyl (C=O) groups excluding carboxylic acids is 1. The average molecular weight is 412 g/mol. The van der Waals surface area contributed by atoms with Gasteiger partial charge in [-0.25, -0.2) is 0 Å². The number of rotatable bonds is 6. The Morgan fingerprint density at radius 1 is 1.20 bits per heavy atom. The lowest BCUT2D eigenvalue weighted by Gasteiger charge is -2.47. The monoisotopic (exact) mass is 411 g/mol. The van der Waals surface area contributed by atoms with Gasteiger partial charge in [-0.2, -0.15) is 0 Å². The molecule has 1 aromatic rings. The molecule has 1 atom stereocenters. The molecule has 0 bridgehead atoms. The number of carbonyl (C=O) groups is 1. The minimum absolute atomic E-state index is 0.0552. The van der Waals surface area contributed by atoms with E-state index in [0.717, 1.165) is 18.4 Å². The SMILES string of the molecule is CC/C(=C\NC)C(=O)N[C@H]1CCC2(CCN(CCC(C)(C)C)CC2)c2ccccc21. The summed E-state index contributed by atoms with van der Waals surface area (Å²) in [5.74, 6) is 0.0552. The summed E-state index contributed by atoms with van der Waals surface area (Å²) >= 11 is 0. The predicted octanol–water partition coefficient (Wildman–Crippen LogP) is 4.92. The van der Waals surface area contributed by atoms with Crippen LogP contribution in [0.5, 0.6) is 0 Å². The van der Waals surface area contributed by atoms with Gasteiger partial charge in [-0.3, -0.25) is 4.79 Å². The first-order valence-corrected chi connectivity index (χ1v) is 11.8. The van der Waals surface area contributed by atoms with Gasteiger partial charge in [0, 0.05) is 18.8 Å². The number of hydrogen-bond donors (Lipinski definition) is 2. The van der Waals surface area contributed by atoms with E-state index in [-0.39, 0.29) is 17.4 Å².